The standard InChI is InChI=1S/C13H23N3O2/c1-2-6-13(7-3-8-15-13)12(18)14-9-11(17)16-10-4-5-10/h10,15H,2-9H2,1H3,(H,14,18)(H,16,17). The van der Waals surface area contributed by atoms with Crippen LogP contribution in [-0.2, 0) is 9.59 Å². The van der Waals surface area contributed by atoms with Crippen molar-refractivity contribution >= 4 is 11.8 Å². The van der Waals surface area contributed by atoms with Crippen molar-refractivity contribution < 1.29 is 9.59 Å². The first-order chi connectivity index (χ1) is 8.66. The Morgan fingerprint density at radius 2 is 2.17 bits per heavy atom. The fourth-order valence-electron chi connectivity index (χ4n) is 2.59. The third kappa shape index (κ3) is 3.22. The molecule has 1 aliphatic heterocycles. The van der Waals surface area contributed by atoms with Crippen LogP contribution in [0.25, 0.3) is 0 Å². The molecule has 0 bridgehead atoms. The molecule has 1 heterocycles. The molecule has 0 aromatic rings. The minimum atomic E-state index is -0.436. The lowest BCUT2D eigenvalue weighted by Crippen LogP contribution is -2.55. The molecular formula is C13H23N3O2. The summed E-state index contributed by atoms with van der Waals surface area (Å²) in [5.41, 5.74) is -0.436. The van der Waals surface area contributed by atoms with E-state index in [0.717, 1.165) is 45.1 Å². The zero-order valence-electron chi connectivity index (χ0n) is 11.1. The van der Waals surface area contributed by atoms with Crippen LogP contribution in [0.15, 0.2) is 0 Å². The van der Waals surface area contributed by atoms with E-state index in [1.54, 1.807) is 0 Å². The van der Waals surface area contributed by atoms with Gasteiger partial charge in [-0.05, 0) is 38.6 Å². The lowest BCUT2D eigenvalue weighted by atomic mass is 9.91. The Morgan fingerprint density at radius 3 is 2.72 bits per heavy atom. The number of carbonyl (C=O) groups excluding carboxylic acids is 2. The first-order valence-corrected chi connectivity index (χ1v) is 6.99. The molecule has 0 aromatic heterocycles. The molecule has 1 saturated heterocycles. The number of rotatable bonds is 6. The highest BCUT2D eigenvalue weighted by molar-refractivity contribution is 5.90. The topological polar surface area (TPSA) is 70.2 Å². The SMILES string of the molecule is CCCC1(C(=O)NCC(=O)NC2CC2)CCCN1. The maximum absolute atomic E-state index is 12.2. The Bertz CT molecular complexity index is 320. The first-order valence-electron chi connectivity index (χ1n) is 6.99. The van der Waals surface area contributed by atoms with Crippen molar-refractivity contribution in [3.05, 3.63) is 0 Å². The minimum Gasteiger partial charge on any atom is -0.352 e. The zero-order chi connectivity index (χ0) is 13.0. The maximum Gasteiger partial charge on any atom is 0.240 e. The van der Waals surface area contributed by atoms with Gasteiger partial charge in [-0.15, -0.1) is 0 Å². The third-order valence-electron chi connectivity index (χ3n) is 3.71. The average molecular weight is 253 g/mol. The Morgan fingerprint density at radius 1 is 1.39 bits per heavy atom. The van der Waals surface area contributed by atoms with Gasteiger partial charge >= 0.3 is 0 Å². The summed E-state index contributed by atoms with van der Waals surface area (Å²) in [6.07, 6.45) is 5.85. The van der Waals surface area contributed by atoms with Crippen LogP contribution in [0.2, 0.25) is 0 Å². The van der Waals surface area contributed by atoms with E-state index in [1.807, 2.05) is 0 Å². The molecule has 0 aromatic carbocycles. The molecule has 2 amide bonds. The molecule has 0 spiro atoms. The molecule has 5 heteroatoms. The fraction of sp³-hybridized carbons (Fsp3) is 0.846. The molecule has 2 rings (SSSR count). The van der Waals surface area contributed by atoms with Gasteiger partial charge in [0, 0.05) is 6.04 Å². The van der Waals surface area contributed by atoms with Crippen LogP contribution in [0.1, 0.15) is 45.4 Å². The summed E-state index contributed by atoms with van der Waals surface area (Å²) < 4.78 is 0. The smallest absolute Gasteiger partial charge is 0.240 e. The predicted octanol–water partition coefficient (Wildman–Crippen LogP) is 0.304. The molecule has 2 fully saturated rings. The minimum absolute atomic E-state index is 0.0206. The number of amides is 2. The molecule has 5 nitrogen and oxygen atoms in total. The van der Waals surface area contributed by atoms with Crippen LogP contribution in [0, 0.1) is 0 Å². The van der Waals surface area contributed by atoms with Crippen molar-refractivity contribution in [2.45, 2.75) is 57.0 Å². The molecule has 1 saturated carbocycles. The van der Waals surface area contributed by atoms with E-state index >= 15 is 0 Å². The quantitative estimate of drug-likeness (QED) is 0.638. The van der Waals surface area contributed by atoms with Crippen LogP contribution in [0.5, 0.6) is 0 Å². The van der Waals surface area contributed by atoms with Crippen molar-refractivity contribution in [2.24, 2.45) is 0 Å². The van der Waals surface area contributed by atoms with Crippen molar-refractivity contribution in [3.63, 3.8) is 0 Å². The van der Waals surface area contributed by atoms with Gasteiger partial charge in [0.1, 0.15) is 0 Å². The average Bonchev–Trinajstić information content (AvgIpc) is 3.02. The van der Waals surface area contributed by atoms with Crippen LogP contribution >= 0.6 is 0 Å². The molecule has 1 aliphatic carbocycles. The maximum atomic E-state index is 12.2. The highest BCUT2D eigenvalue weighted by Crippen LogP contribution is 2.24. The lowest BCUT2D eigenvalue weighted by molar-refractivity contribution is -0.130. The van der Waals surface area contributed by atoms with E-state index in [0.29, 0.717) is 6.04 Å². The van der Waals surface area contributed by atoms with Gasteiger partial charge in [-0.3, -0.25) is 9.59 Å². The van der Waals surface area contributed by atoms with Gasteiger partial charge in [0.05, 0.1) is 12.1 Å². The van der Waals surface area contributed by atoms with Gasteiger partial charge < -0.3 is 16.0 Å². The van der Waals surface area contributed by atoms with Crippen LogP contribution in [0.4, 0.5) is 0 Å². The normalized spacial score (nSPS) is 26.9. The molecular weight excluding hydrogens is 230 g/mol. The summed E-state index contributed by atoms with van der Waals surface area (Å²) in [5.74, 6) is -0.0942. The summed E-state index contributed by atoms with van der Waals surface area (Å²) in [5, 5.41) is 8.94. The van der Waals surface area contributed by atoms with E-state index in [-0.39, 0.29) is 18.4 Å². The van der Waals surface area contributed by atoms with Crippen molar-refractivity contribution in [1.82, 2.24) is 16.0 Å². The van der Waals surface area contributed by atoms with Gasteiger partial charge in [0.15, 0.2) is 0 Å². The van der Waals surface area contributed by atoms with Crippen molar-refractivity contribution in [2.75, 3.05) is 13.1 Å². The van der Waals surface area contributed by atoms with Crippen molar-refractivity contribution in [1.29, 1.82) is 0 Å². The second-order valence-corrected chi connectivity index (χ2v) is 5.39. The van der Waals surface area contributed by atoms with Crippen LogP contribution in [-0.4, -0.2) is 36.5 Å². The van der Waals surface area contributed by atoms with Gasteiger partial charge in [0.25, 0.3) is 0 Å². The predicted molar refractivity (Wildman–Crippen MR) is 69.1 cm³/mol. The van der Waals surface area contributed by atoms with E-state index in [1.165, 1.54) is 0 Å². The molecule has 1 unspecified atom stereocenters. The molecule has 3 N–H and O–H groups in total. The Balaban J connectivity index is 1.79. The second-order valence-electron chi connectivity index (χ2n) is 5.39. The summed E-state index contributed by atoms with van der Waals surface area (Å²) in [4.78, 5) is 23.7. The summed E-state index contributed by atoms with van der Waals surface area (Å²) in [6, 6.07) is 0.351. The number of hydrogen-bond donors (Lipinski definition) is 3. The Kier molecular flexibility index (Phi) is 4.22. The van der Waals surface area contributed by atoms with Crippen molar-refractivity contribution in [3.8, 4) is 0 Å². The van der Waals surface area contributed by atoms with E-state index in [4.69, 9.17) is 0 Å². The van der Waals surface area contributed by atoms with Crippen LogP contribution < -0.4 is 16.0 Å². The van der Waals surface area contributed by atoms with Gasteiger partial charge in [-0.2, -0.15) is 0 Å². The van der Waals surface area contributed by atoms with E-state index < -0.39 is 5.54 Å². The van der Waals surface area contributed by atoms with E-state index in [9.17, 15) is 9.59 Å². The van der Waals surface area contributed by atoms with E-state index in [2.05, 4.69) is 22.9 Å². The Hall–Kier alpha value is -1.10. The molecule has 102 valence electrons. The summed E-state index contributed by atoms with van der Waals surface area (Å²) in [7, 11) is 0. The monoisotopic (exact) mass is 253 g/mol. The Labute approximate surface area is 108 Å². The number of hydrogen-bond acceptors (Lipinski definition) is 3. The largest absolute Gasteiger partial charge is 0.352 e. The molecule has 18 heavy (non-hydrogen) atoms. The number of carbonyl (C=O) groups is 2. The third-order valence-corrected chi connectivity index (χ3v) is 3.71. The highest BCUT2D eigenvalue weighted by Gasteiger charge is 2.39. The molecule has 1 atom stereocenters. The molecule has 0 radical (unpaired) electrons. The summed E-state index contributed by atoms with van der Waals surface area (Å²) >= 11 is 0. The summed E-state index contributed by atoms with van der Waals surface area (Å²) in [6.45, 7) is 3.07. The molecule has 2 aliphatic rings. The lowest BCUT2D eigenvalue weighted by Gasteiger charge is -2.27. The first kappa shape index (κ1) is 13.3. The van der Waals surface area contributed by atoms with Gasteiger partial charge in [-0.1, -0.05) is 13.3 Å². The highest BCUT2D eigenvalue weighted by atomic mass is 16.2. The zero-order valence-corrected chi connectivity index (χ0v) is 11.1. The van der Waals surface area contributed by atoms with Crippen LogP contribution in [0.3, 0.4) is 0 Å². The second kappa shape index (κ2) is 5.69. The van der Waals surface area contributed by atoms with Gasteiger partial charge in [-0.25, -0.2) is 0 Å². The van der Waals surface area contributed by atoms with Gasteiger partial charge in [0.2, 0.25) is 11.8 Å². The number of nitrogens with one attached hydrogen (secondary N) is 3. The fourth-order valence-corrected chi connectivity index (χ4v) is 2.59.